The zero-order valence-electron chi connectivity index (χ0n) is 24.8. The standard InChI is InChI=1S/C33H37Cl4N3O3S/c1-3-5-7-8-9-10-11-21-12-15-28(43-16-6-4-2)29(17-21)44-31-32(38-27-20-23(41)13-14-24(27)35)39-40(33(31)42)30-25(36)18-22(34)19-26(30)37/h12-15,17-20,38-39,41H,3-11,16H2,1-2H3. The topological polar surface area (TPSA) is 79.3 Å². The van der Waals surface area contributed by atoms with E-state index in [2.05, 4.69) is 36.4 Å². The van der Waals surface area contributed by atoms with E-state index in [4.69, 9.17) is 51.1 Å². The lowest BCUT2D eigenvalue weighted by Crippen LogP contribution is -2.16. The first kappa shape index (κ1) is 34.5. The molecule has 3 N–H and O–H groups in total. The van der Waals surface area contributed by atoms with Crippen LogP contribution in [0.15, 0.2) is 63.1 Å². The number of hydrogen-bond donors (Lipinski definition) is 3. The fourth-order valence-electron chi connectivity index (χ4n) is 4.70. The van der Waals surface area contributed by atoms with Crippen LogP contribution in [0.1, 0.15) is 70.8 Å². The van der Waals surface area contributed by atoms with Gasteiger partial charge in [-0.3, -0.25) is 9.89 Å². The Balaban J connectivity index is 1.75. The van der Waals surface area contributed by atoms with Crippen molar-refractivity contribution in [3.8, 4) is 17.2 Å². The highest BCUT2D eigenvalue weighted by Gasteiger charge is 2.23. The predicted octanol–water partition coefficient (Wildman–Crippen LogP) is 11.5. The van der Waals surface area contributed by atoms with E-state index in [9.17, 15) is 9.90 Å². The lowest BCUT2D eigenvalue weighted by atomic mass is 10.0. The van der Waals surface area contributed by atoms with Gasteiger partial charge in [-0.25, -0.2) is 4.68 Å². The number of nitrogens with zero attached hydrogens (tertiary/aromatic N) is 1. The van der Waals surface area contributed by atoms with Crippen molar-refractivity contribution in [3.63, 3.8) is 0 Å². The first-order valence-corrected chi connectivity index (χ1v) is 17.2. The van der Waals surface area contributed by atoms with Gasteiger partial charge in [-0.1, -0.05) is 117 Å². The van der Waals surface area contributed by atoms with Crippen molar-refractivity contribution >= 4 is 69.7 Å². The second kappa shape index (κ2) is 16.8. The highest BCUT2D eigenvalue weighted by atomic mass is 35.5. The number of aromatic amines is 1. The molecule has 6 nitrogen and oxygen atoms in total. The summed E-state index contributed by atoms with van der Waals surface area (Å²) in [5.41, 5.74) is 1.46. The SMILES string of the molecule is CCCCCCCCc1ccc(OCCCC)c(Sc2c(Nc3cc(O)ccc3Cl)[nH]n(-c3c(Cl)cc(Cl)cc3Cl)c2=O)c1. The molecule has 0 saturated carbocycles. The third-order valence-electron chi connectivity index (χ3n) is 7.06. The maximum absolute atomic E-state index is 14.1. The Hall–Kier alpha value is -2.42. The molecule has 4 aromatic rings. The molecule has 3 aromatic carbocycles. The molecule has 1 heterocycles. The maximum atomic E-state index is 14.1. The molecule has 0 saturated heterocycles. The van der Waals surface area contributed by atoms with Gasteiger partial charge in [-0.2, -0.15) is 0 Å². The molecule has 236 valence electrons. The van der Waals surface area contributed by atoms with Crippen molar-refractivity contribution in [2.75, 3.05) is 11.9 Å². The van der Waals surface area contributed by atoms with E-state index in [0.29, 0.717) is 38.8 Å². The minimum Gasteiger partial charge on any atom is -0.508 e. The number of ether oxygens (including phenoxy) is 1. The second-order valence-electron chi connectivity index (χ2n) is 10.6. The third kappa shape index (κ3) is 9.07. The molecule has 0 atom stereocenters. The first-order chi connectivity index (χ1) is 21.2. The summed E-state index contributed by atoms with van der Waals surface area (Å²) >= 11 is 26.9. The lowest BCUT2D eigenvalue weighted by Gasteiger charge is -2.13. The van der Waals surface area contributed by atoms with Gasteiger partial charge in [0.2, 0.25) is 0 Å². The van der Waals surface area contributed by atoms with E-state index in [0.717, 1.165) is 30.6 Å². The Bertz CT molecular complexity index is 1600. The number of unbranched alkanes of at least 4 members (excludes halogenated alkanes) is 6. The number of nitrogens with one attached hydrogen (secondary N) is 2. The van der Waals surface area contributed by atoms with Gasteiger partial charge >= 0.3 is 0 Å². The number of aryl methyl sites for hydroxylation is 1. The van der Waals surface area contributed by atoms with Gasteiger partial charge in [-0.05, 0) is 61.2 Å². The number of benzene rings is 3. The largest absolute Gasteiger partial charge is 0.508 e. The predicted molar refractivity (Wildman–Crippen MR) is 186 cm³/mol. The van der Waals surface area contributed by atoms with Crippen LogP contribution in [-0.4, -0.2) is 21.5 Å². The summed E-state index contributed by atoms with van der Waals surface area (Å²) in [6, 6.07) is 13.8. The summed E-state index contributed by atoms with van der Waals surface area (Å²) in [7, 11) is 0. The third-order valence-corrected chi connectivity index (χ3v) is 9.30. The van der Waals surface area contributed by atoms with Crippen LogP contribution in [-0.2, 0) is 6.42 Å². The molecule has 0 unspecified atom stereocenters. The van der Waals surface area contributed by atoms with Gasteiger partial charge in [0, 0.05) is 11.1 Å². The number of phenolic OH excluding ortho intramolecular Hbond substituents is 1. The van der Waals surface area contributed by atoms with E-state index in [1.54, 1.807) is 6.07 Å². The molecule has 0 radical (unpaired) electrons. The van der Waals surface area contributed by atoms with Crippen molar-refractivity contribution in [3.05, 3.63) is 84.5 Å². The normalized spacial score (nSPS) is 11.2. The first-order valence-electron chi connectivity index (χ1n) is 14.9. The molecule has 11 heteroatoms. The Labute approximate surface area is 283 Å². The molecule has 0 aliphatic rings. The molecule has 1 aromatic heterocycles. The van der Waals surface area contributed by atoms with E-state index < -0.39 is 0 Å². The number of phenols is 1. The molecule has 44 heavy (non-hydrogen) atoms. The molecular weight excluding hydrogens is 660 g/mol. The summed E-state index contributed by atoms with van der Waals surface area (Å²) in [6.07, 6.45) is 10.1. The van der Waals surface area contributed by atoms with Crippen LogP contribution in [0.4, 0.5) is 11.5 Å². The number of aromatic hydroxyl groups is 1. The summed E-state index contributed by atoms with van der Waals surface area (Å²) < 4.78 is 7.46. The van der Waals surface area contributed by atoms with Crippen LogP contribution in [0.3, 0.4) is 0 Å². The molecule has 0 aliphatic carbocycles. The van der Waals surface area contributed by atoms with Crippen LogP contribution < -0.4 is 15.6 Å². The van der Waals surface area contributed by atoms with Crippen LogP contribution >= 0.6 is 58.2 Å². The maximum Gasteiger partial charge on any atom is 0.287 e. The monoisotopic (exact) mass is 695 g/mol. The number of halogens is 4. The Morgan fingerprint density at radius 1 is 0.864 bits per heavy atom. The Morgan fingerprint density at radius 3 is 2.30 bits per heavy atom. The van der Waals surface area contributed by atoms with Crippen LogP contribution in [0, 0.1) is 0 Å². The minimum atomic E-state index is -0.388. The van der Waals surface area contributed by atoms with E-state index in [1.807, 2.05) is 6.07 Å². The highest BCUT2D eigenvalue weighted by Crippen LogP contribution is 2.41. The van der Waals surface area contributed by atoms with Gasteiger partial charge in [0.05, 0.1) is 32.3 Å². The van der Waals surface area contributed by atoms with Gasteiger partial charge in [0.25, 0.3) is 5.56 Å². The molecule has 4 rings (SSSR count). The zero-order valence-corrected chi connectivity index (χ0v) is 28.7. The summed E-state index contributed by atoms with van der Waals surface area (Å²) in [5.74, 6) is 1.06. The van der Waals surface area contributed by atoms with E-state index in [-0.39, 0.29) is 27.0 Å². The second-order valence-corrected chi connectivity index (χ2v) is 13.3. The van der Waals surface area contributed by atoms with Gasteiger partial charge in [0.1, 0.15) is 27.9 Å². The minimum absolute atomic E-state index is 0.0191. The molecular formula is C33H37Cl4N3O3S. The molecule has 0 bridgehead atoms. The number of rotatable bonds is 16. The highest BCUT2D eigenvalue weighted by molar-refractivity contribution is 7.99. The quantitative estimate of drug-likeness (QED) is 0.102. The summed E-state index contributed by atoms with van der Waals surface area (Å²) in [5, 5.41) is 17.5. The van der Waals surface area contributed by atoms with E-state index in [1.165, 1.54) is 78.4 Å². The van der Waals surface area contributed by atoms with Crippen molar-refractivity contribution in [1.29, 1.82) is 0 Å². The fourth-order valence-corrected chi connectivity index (χ4v) is 6.89. The van der Waals surface area contributed by atoms with Gasteiger partial charge < -0.3 is 15.2 Å². The summed E-state index contributed by atoms with van der Waals surface area (Å²) in [4.78, 5) is 15.2. The average molecular weight is 698 g/mol. The molecule has 0 amide bonds. The van der Waals surface area contributed by atoms with Crippen molar-refractivity contribution in [2.45, 2.75) is 81.4 Å². The van der Waals surface area contributed by atoms with Crippen molar-refractivity contribution in [1.82, 2.24) is 9.78 Å². The average Bonchev–Trinajstić information content (AvgIpc) is 3.27. The van der Waals surface area contributed by atoms with Crippen LogP contribution in [0.2, 0.25) is 20.1 Å². The Kier molecular flexibility index (Phi) is 13.1. The van der Waals surface area contributed by atoms with Crippen LogP contribution in [0.25, 0.3) is 5.69 Å². The summed E-state index contributed by atoms with van der Waals surface area (Å²) in [6.45, 7) is 4.90. The van der Waals surface area contributed by atoms with Crippen molar-refractivity contribution in [2.24, 2.45) is 0 Å². The fraction of sp³-hybridized carbons (Fsp3) is 0.364. The Morgan fingerprint density at radius 2 is 1.57 bits per heavy atom. The molecule has 0 spiro atoms. The molecule has 0 aliphatic heterocycles. The van der Waals surface area contributed by atoms with Gasteiger partial charge in [0.15, 0.2) is 0 Å². The van der Waals surface area contributed by atoms with E-state index >= 15 is 0 Å². The number of aromatic nitrogens is 2. The number of hydrogen-bond acceptors (Lipinski definition) is 5. The van der Waals surface area contributed by atoms with Crippen LogP contribution in [0.5, 0.6) is 11.5 Å². The number of anilines is 2. The zero-order chi connectivity index (χ0) is 31.6. The van der Waals surface area contributed by atoms with Crippen molar-refractivity contribution < 1.29 is 9.84 Å². The van der Waals surface area contributed by atoms with Gasteiger partial charge in [-0.15, -0.1) is 0 Å². The smallest absolute Gasteiger partial charge is 0.287 e. The lowest BCUT2D eigenvalue weighted by molar-refractivity contribution is 0.302. The molecule has 0 fully saturated rings. The number of H-pyrrole nitrogens is 1.